The highest BCUT2D eigenvalue weighted by atomic mass is 19.1. The van der Waals surface area contributed by atoms with Crippen LogP contribution in [-0.4, -0.2) is 18.4 Å². The number of anilines is 2. The molecule has 124 valence electrons. The minimum Gasteiger partial charge on any atom is -0.484 e. The van der Waals surface area contributed by atoms with Crippen molar-refractivity contribution in [2.75, 3.05) is 17.2 Å². The summed E-state index contributed by atoms with van der Waals surface area (Å²) in [5.74, 6) is -0.392. The second kappa shape index (κ2) is 6.70. The number of halogens is 1. The van der Waals surface area contributed by atoms with Crippen LogP contribution < -0.4 is 15.4 Å². The van der Waals surface area contributed by atoms with Crippen molar-refractivity contribution in [2.24, 2.45) is 0 Å². The van der Waals surface area contributed by atoms with E-state index in [-0.39, 0.29) is 18.2 Å². The summed E-state index contributed by atoms with van der Waals surface area (Å²) in [5, 5.41) is 5.26. The van der Waals surface area contributed by atoms with Crippen molar-refractivity contribution in [3.05, 3.63) is 53.3 Å². The van der Waals surface area contributed by atoms with Crippen LogP contribution in [0.15, 0.2) is 36.4 Å². The van der Waals surface area contributed by atoms with Crippen LogP contribution in [0.25, 0.3) is 0 Å². The van der Waals surface area contributed by atoms with Crippen LogP contribution in [0.3, 0.4) is 0 Å². The van der Waals surface area contributed by atoms with Crippen LogP contribution in [0.1, 0.15) is 17.5 Å². The zero-order chi connectivity index (χ0) is 17.1. The molecule has 0 aliphatic carbocycles. The summed E-state index contributed by atoms with van der Waals surface area (Å²) in [7, 11) is 0. The van der Waals surface area contributed by atoms with E-state index in [0.717, 1.165) is 16.8 Å². The van der Waals surface area contributed by atoms with E-state index in [9.17, 15) is 14.0 Å². The van der Waals surface area contributed by atoms with Crippen LogP contribution >= 0.6 is 0 Å². The SMILES string of the molecule is Cc1ccc(NC(=O)COc2ccc3c(c2)CCC(=O)N3)c(F)c1. The lowest BCUT2D eigenvalue weighted by atomic mass is 10.0. The van der Waals surface area contributed by atoms with E-state index in [2.05, 4.69) is 10.6 Å². The molecule has 24 heavy (non-hydrogen) atoms. The number of benzene rings is 2. The molecular weight excluding hydrogens is 311 g/mol. The molecule has 2 N–H and O–H groups in total. The Kier molecular flexibility index (Phi) is 4.46. The first-order valence-corrected chi connectivity index (χ1v) is 7.63. The number of rotatable bonds is 4. The van der Waals surface area contributed by atoms with Crippen molar-refractivity contribution in [3.8, 4) is 5.75 Å². The minimum absolute atomic E-state index is 0.00401. The van der Waals surface area contributed by atoms with Gasteiger partial charge < -0.3 is 15.4 Å². The fourth-order valence-electron chi connectivity index (χ4n) is 2.51. The Hall–Kier alpha value is -2.89. The number of aryl methyl sites for hydroxylation is 2. The summed E-state index contributed by atoms with van der Waals surface area (Å²) in [6.07, 6.45) is 1.07. The van der Waals surface area contributed by atoms with Gasteiger partial charge in [0.15, 0.2) is 6.61 Å². The van der Waals surface area contributed by atoms with Crippen LogP contribution in [0.4, 0.5) is 15.8 Å². The fraction of sp³-hybridized carbons (Fsp3) is 0.222. The Morgan fingerprint density at radius 1 is 1.25 bits per heavy atom. The van der Waals surface area contributed by atoms with Gasteiger partial charge in [0.2, 0.25) is 5.91 Å². The van der Waals surface area contributed by atoms with Gasteiger partial charge in [0, 0.05) is 12.1 Å². The Morgan fingerprint density at radius 3 is 2.88 bits per heavy atom. The highest BCUT2D eigenvalue weighted by Crippen LogP contribution is 2.26. The van der Waals surface area contributed by atoms with E-state index < -0.39 is 11.7 Å². The third kappa shape index (κ3) is 3.71. The van der Waals surface area contributed by atoms with E-state index in [1.54, 1.807) is 31.2 Å². The lowest BCUT2D eigenvalue weighted by Gasteiger charge is -2.17. The molecule has 0 unspecified atom stereocenters. The molecule has 0 fully saturated rings. The molecule has 0 aromatic heterocycles. The normalized spacial score (nSPS) is 13.0. The number of amides is 2. The average molecular weight is 328 g/mol. The van der Waals surface area contributed by atoms with Crippen LogP contribution in [0, 0.1) is 12.7 Å². The second-order valence-corrected chi connectivity index (χ2v) is 5.69. The number of hydrogen-bond donors (Lipinski definition) is 2. The van der Waals surface area contributed by atoms with Crippen molar-refractivity contribution in [1.29, 1.82) is 0 Å². The zero-order valence-electron chi connectivity index (χ0n) is 13.2. The third-order valence-electron chi connectivity index (χ3n) is 3.74. The molecule has 6 heteroatoms. The van der Waals surface area contributed by atoms with Gasteiger partial charge in [0.25, 0.3) is 5.91 Å². The quantitative estimate of drug-likeness (QED) is 0.906. The van der Waals surface area contributed by atoms with Gasteiger partial charge in [0.05, 0.1) is 5.69 Å². The molecule has 0 atom stereocenters. The van der Waals surface area contributed by atoms with Gasteiger partial charge in [-0.25, -0.2) is 4.39 Å². The lowest BCUT2D eigenvalue weighted by molar-refractivity contribution is -0.118. The first-order valence-electron chi connectivity index (χ1n) is 7.63. The molecule has 0 spiro atoms. The predicted molar refractivity (Wildman–Crippen MR) is 88.7 cm³/mol. The molecule has 0 radical (unpaired) electrons. The summed E-state index contributed by atoms with van der Waals surface area (Å²) in [4.78, 5) is 23.2. The Balaban J connectivity index is 1.59. The summed E-state index contributed by atoms with van der Waals surface area (Å²) >= 11 is 0. The van der Waals surface area contributed by atoms with E-state index in [1.165, 1.54) is 12.1 Å². The maximum absolute atomic E-state index is 13.7. The topological polar surface area (TPSA) is 67.4 Å². The van der Waals surface area contributed by atoms with E-state index in [4.69, 9.17) is 4.74 Å². The van der Waals surface area contributed by atoms with Crippen LogP contribution in [-0.2, 0) is 16.0 Å². The van der Waals surface area contributed by atoms with Crippen molar-refractivity contribution in [3.63, 3.8) is 0 Å². The molecular formula is C18H17FN2O3. The maximum atomic E-state index is 13.7. The average Bonchev–Trinajstić information content (AvgIpc) is 2.55. The summed E-state index contributed by atoms with van der Waals surface area (Å²) < 4.78 is 19.2. The van der Waals surface area contributed by atoms with Gasteiger partial charge in [-0.15, -0.1) is 0 Å². The standard InChI is InChI=1S/C18H17FN2O3/c1-11-2-5-16(14(19)8-11)21-18(23)10-24-13-4-6-15-12(9-13)3-7-17(22)20-15/h2,4-6,8-9H,3,7,10H2,1H3,(H,20,22)(H,21,23). The predicted octanol–water partition coefficient (Wildman–Crippen LogP) is 3.04. The van der Waals surface area contributed by atoms with Gasteiger partial charge in [-0.3, -0.25) is 9.59 Å². The van der Waals surface area contributed by atoms with Crippen molar-refractivity contribution in [2.45, 2.75) is 19.8 Å². The molecule has 1 heterocycles. The Morgan fingerprint density at radius 2 is 2.08 bits per heavy atom. The highest BCUT2D eigenvalue weighted by molar-refractivity contribution is 5.94. The van der Waals surface area contributed by atoms with Crippen LogP contribution in [0.5, 0.6) is 5.75 Å². The molecule has 0 saturated carbocycles. The van der Waals surface area contributed by atoms with Gasteiger partial charge in [-0.05, 0) is 54.8 Å². The number of carbonyl (C=O) groups is 2. The molecule has 3 rings (SSSR count). The number of carbonyl (C=O) groups excluding carboxylic acids is 2. The molecule has 2 aromatic carbocycles. The first kappa shape index (κ1) is 16.0. The van der Waals surface area contributed by atoms with Gasteiger partial charge in [-0.2, -0.15) is 0 Å². The molecule has 2 amide bonds. The van der Waals surface area contributed by atoms with Crippen molar-refractivity contribution < 1.29 is 18.7 Å². The number of ether oxygens (including phenoxy) is 1. The molecule has 5 nitrogen and oxygen atoms in total. The smallest absolute Gasteiger partial charge is 0.262 e. The van der Waals surface area contributed by atoms with E-state index >= 15 is 0 Å². The Bertz CT molecular complexity index is 805. The largest absolute Gasteiger partial charge is 0.484 e. The molecule has 2 aromatic rings. The van der Waals surface area contributed by atoms with Gasteiger partial charge in [0.1, 0.15) is 11.6 Å². The van der Waals surface area contributed by atoms with E-state index in [1.807, 2.05) is 0 Å². The molecule has 0 bridgehead atoms. The summed E-state index contributed by atoms with van der Waals surface area (Å²) in [6, 6.07) is 9.83. The summed E-state index contributed by atoms with van der Waals surface area (Å²) in [5.41, 5.74) is 2.65. The lowest BCUT2D eigenvalue weighted by Crippen LogP contribution is -2.21. The fourth-order valence-corrected chi connectivity index (χ4v) is 2.51. The van der Waals surface area contributed by atoms with Crippen LogP contribution in [0.2, 0.25) is 0 Å². The van der Waals surface area contributed by atoms with Gasteiger partial charge >= 0.3 is 0 Å². The van der Waals surface area contributed by atoms with Gasteiger partial charge in [-0.1, -0.05) is 6.07 Å². The highest BCUT2D eigenvalue weighted by Gasteiger charge is 2.15. The third-order valence-corrected chi connectivity index (χ3v) is 3.74. The molecule has 1 aliphatic heterocycles. The van der Waals surface area contributed by atoms with E-state index in [0.29, 0.717) is 18.6 Å². The minimum atomic E-state index is -0.479. The second-order valence-electron chi connectivity index (χ2n) is 5.69. The number of fused-ring (bicyclic) bond motifs is 1. The number of nitrogens with one attached hydrogen (secondary N) is 2. The van der Waals surface area contributed by atoms with Crippen molar-refractivity contribution >= 4 is 23.2 Å². The monoisotopic (exact) mass is 328 g/mol. The van der Waals surface area contributed by atoms with Crippen molar-refractivity contribution in [1.82, 2.24) is 0 Å². The summed E-state index contributed by atoms with van der Waals surface area (Å²) in [6.45, 7) is 1.55. The maximum Gasteiger partial charge on any atom is 0.262 e. The Labute approximate surface area is 138 Å². The molecule has 1 aliphatic rings. The first-order chi connectivity index (χ1) is 11.5. The molecule has 0 saturated heterocycles. The zero-order valence-corrected chi connectivity index (χ0v) is 13.2. The number of hydrogen-bond acceptors (Lipinski definition) is 3.